The predicted molar refractivity (Wildman–Crippen MR) is 58.1 cm³/mol. The van der Waals surface area contributed by atoms with Crippen LogP contribution < -0.4 is 0 Å². The van der Waals surface area contributed by atoms with Crippen LogP contribution in [0.15, 0.2) is 11.1 Å². The van der Waals surface area contributed by atoms with Gasteiger partial charge in [0.15, 0.2) is 0 Å². The number of halogens is 9. The molecule has 0 fully saturated rings. The molecule has 0 rings (SSSR count). The van der Waals surface area contributed by atoms with E-state index in [1.807, 2.05) is 0 Å². The summed E-state index contributed by atoms with van der Waals surface area (Å²) >= 11 is 0. The van der Waals surface area contributed by atoms with Crippen molar-refractivity contribution in [3.8, 4) is 0 Å². The fourth-order valence-corrected chi connectivity index (χ4v) is 1.43. The fourth-order valence-electron chi connectivity index (χ4n) is 1.43. The zero-order chi connectivity index (χ0) is 19.7. The SMILES string of the molecule is C/C(C(=O)O)=C(/CCC(F)(F)C(F)(F)C(F)(F)C(F)(F)F)C(=O)O. The maximum Gasteiger partial charge on any atom is 0.460 e. The normalized spacial score (nSPS) is 15.1. The summed E-state index contributed by atoms with van der Waals surface area (Å²) in [6.07, 6.45) is -11.1. The average Bonchev–Trinajstić information content (AvgIpc) is 2.35. The van der Waals surface area contributed by atoms with Gasteiger partial charge >= 0.3 is 35.9 Å². The van der Waals surface area contributed by atoms with Crippen LogP contribution in [0.3, 0.4) is 0 Å². The molecule has 2 N–H and O–H groups in total. The van der Waals surface area contributed by atoms with Gasteiger partial charge in [0.25, 0.3) is 0 Å². The van der Waals surface area contributed by atoms with Crippen LogP contribution in [0.5, 0.6) is 0 Å². The third-order valence-electron chi connectivity index (χ3n) is 2.93. The lowest BCUT2D eigenvalue weighted by atomic mass is 9.95. The van der Waals surface area contributed by atoms with Crippen molar-refractivity contribution in [2.24, 2.45) is 0 Å². The highest BCUT2D eigenvalue weighted by molar-refractivity contribution is 5.98. The van der Waals surface area contributed by atoms with Crippen molar-refractivity contribution in [1.29, 1.82) is 0 Å². The van der Waals surface area contributed by atoms with E-state index in [1.165, 1.54) is 0 Å². The van der Waals surface area contributed by atoms with E-state index in [1.54, 1.807) is 0 Å². The molecule has 0 aliphatic rings. The first kappa shape index (κ1) is 22.1. The minimum absolute atomic E-state index is 0.604. The van der Waals surface area contributed by atoms with Crippen molar-refractivity contribution in [2.45, 2.75) is 43.7 Å². The van der Waals surface area contributed by atoms with E-state index in [9.17, 15) is 49.1 Å². The summed E-state index contributed by atoms with van der Waals surface area (Å²) in [5, 5.41) is 17.1. The molecule has 0 amide bonds. The maximum atomic E-state index is 13.2. The summed E-state index contributed by atoms with van der Waals surface area (Å²) < 4.78 is 113. The number of aliphatic carboxylic acids is 2. The van der Waals surface area contributed by atoms with Gasteiger partial charge in [-0.25, -0.2) is 9.59 Å². The fraction of sp³-hybridized carbons (Fsp3) is 0.636. The summed E-state index contributed by atoms with van der Waals surface area (Å²) in [6, 6.07) is 0. The van der Waals surface area contributed by atoms with E-state index in [2.05, 4.69) is 0 Å². The molecule has 0 bridgehead atoms. The van der Waals surface area contributed by atoms with Crippen molar-refractivity contribution >= 4 is 11.9 Å². The summed E-state index contributed by atoms with van der Waals surface area (Å²) in [5.74, 6) is -24.0. The van der Waals surface area contributed by atoms with E-state index >= 15 is 0 Å². The van der Waals surface area contributed by atoms with Crippen LogP contribution in [-0.4, -0.2) is 46.1 Å². The minimum atomic E-state index is -7.08. The molecule has 0 spiro atoms. The van der Waals surface area contributed by atoms with Crippen LogP contribution in [0.2, 0.25) is 0 Å². The van der Waals surface area contributed by atoms with Gasteiger partial charge in [0.1, 0.15) is 0 Å². The third kappa shape index (κ3) is 3.93. The molecule has 0 unspecified atom stereocenters. The van der Waals surface area contributed by atoms with E-state index in [4.69, 9.17) is 10.2 Å². The lowest BCUT2D eigenvalue weighted by molar-refractivity contribution is -0.396. The van der Waals surface area contributed by atoms with Gasteiger partial charge in [0, 0.05) is 17.6 Å². The second-order valence-electron chi connectivity index (χ2n) is 4.56. The van der Waals surface area contributed by atoms with Crippen LogP contribution in [0, 0.1) is 0 Å². The Morgan fingerprint density at radius 3 is 1.50 bits per heavy atom. The van der Waals surface area contributed by atoms with E-state index < -0.39 is 59.9 Å². The number of hydrogen-bond acceptors (Lipinski definition) is 2. The highest BCUT2D eigenvalue weighted by Gasteiger charge is 2.81. The van der Waals surface area contributed by atoms with E-state index in [0.717, 1.165) is 0 Å². The Morgan fingerprint density at radius 2 is 1.21 bits per heavy atom. The molecular weight excluding hydrogens is 367 g/mol. The molecule has 0 aromatic rings. The van der Waals surface area contributed by atoms with E-state index in [-0.39, 0.29) is 0 Å². The first-order valence-electron chi connectivity index (χ1n) is 5.76. The zero-order valence-electron chi connectivity index (χ0n) is 11.5. The molecule has 4 nitrogen and oxygen atoms in total. The van der Waals surface area contributed by atoms with Crippen LogP contribution in [-0.2, 0) is 9.59 Å². The summed E-state index contributed by atoms with van der Waals surface area (Å²) in [7, 11) is 0. The van der Waals surface area contributed by atoms with Gasteiger partial charge in [-0.2, -0.15) is 39.5 Å². The molecule has 0 aliphatic heterocycles. The molecule has 0 aliphatic carbocycles. The summed E-state index contributed by atoms with van der Waals surface area (Å²) in [4.78, 5) is 21.2. The smallest absolute Gasteiger partial charge is 0.460 e. The van der Waals surface area contributed by atoms with Crippen LogP contribution in [0.4, 0.5) is 39.5 Å². The number of alkyl halides is 9. The molecule has 0 heterocycles. The summed E-state index contributed by atoms with van der Waals surface area (Å²) in [5.41, 5.74) is -2.41. The average molecular weight is 376 g/mol. The van der Waals surface area contributed by atoms with Crippen LogP contribution >= 0.6 is 0 Å². The number of carbonyl (C=O) groups is 2. The van der Waals surface area contributed by atoms with Gasteiger partial charge < -0.3 is 10.2 Å². The van der Waals surface area contributed by atoms with Crippen molar-refractivity contribution in [3.05, 3.63) is 11.1 Å². The highest BCUT2D eigenvalue weighted by atomic mass is 19.4. The quantitative estimate of drug-likeness (QED) is 0.525. The van der Waals surface area contributed by atoms with Crippen LogP contribution in [0.25, 0.3) is 0 Å². The number of carboxylic acid groups (broad SMARTS) is 2. The first-order valence-corrected chi connectivity index (χ1v) is 5.76. The number of rotatable bonds is 7. The lowest BCUT2D eigenvalue weighted by Gasteiger charge is -2.33. The molecule has 0 radical (unpaired) electrons. The monoisotopic (exact) mass is 376 g/mol. The molecule has 0 saturated carbocycles. The molecular formula is C11H9F9O4. The second-order valence-corrected chi connectivity index (χ2v) is 4.56. The van der Waals surface area contributed by atoms with Crippen molar-refractivity contribution in [1.82, 2.24) is 0 Å². The second kappa shape index (κ2) is 6.51. The standard InChI is InChI=1S/C11H9F9O4/c1-4(6(21)22)5(7(23)24)2-3-8(12,13)9(14,15)10(16,17)11(18,19)20/h2-3H2,1H3,(H,21,22)(H,23,24)/b5-4+. The molecule has 140 valence electrons. The lowest BCUT2D eigenvalue weighted by Crippen LogP contribution is -2.60. The molecule has 0 aromatic heterocycles. The Morgan fingerprint density at radius 1 is 0.792 bits per heavy atom. The third-order valence-corrected chi connectivity index (χ3v) is 2.93. The minimum Gasteiger partial charge on any atom is -0.478 e. The van der Waals surface area contributed by atoms with Crippen molar-refractivity contribution in [3.63, 3.8) is 0 Å². The number of carboxylic acids is 2. The first-order chi connectivity index (χ1) is 10.4. The van der Waals surface area contributed by atoms with Gasteiger partial charge in [0.05, 0.1) is 0 Å². The van der Waals surface area contributed by atoms with Gasteiger partial charge in [-0.1, -0.05) is 0 Å². The van der Waals surface area contributed by atoms with Gasteiger partial charge in [0.2, 0.25) is 0 Å². The largest absolute Gasteiger partial charge is 0.478 e. The van der Waals surface area contributed by atoms with Gasteiger partial charge in [-0.05, 0) is 13.3 Å². The Balaban J connectivity index is 5.68. The topological polar surface area (TPSA) is 74.6 Å². The zero-order valence-corrected chi connectivity index (χ0v) is 11.5. The van der Waals surface area contributed by atoms with Crippen LogP contribution in [0.1, 0.15) is 19.8 Å². The Hall–Kier alpha value is -1.95. The molecule has 0 aromatic carbocycles. The molecule has 13 heteroatoms. The van der Waals surface area contributed by atoms with Crippen molar-refractivity contribution < 1.29 is 59.3 Å². The number of hydrogen-bond donors (Lipinski definition) is 2. The maximum absolute atomic E-state index is 13.2. The Bertz CT molecular complexity index is 548. The highest BCUT2D eigenvalue weighted by Crippen LogP contribution is 2.54. The van der Waals surface area contributed by atoms with E-state index in [0.29, 0.717) is 6.92 Å². The Labute approximate surface area is 127 Å². The van der Waals surface area contributed by atoms with Gasteiger partial charge in [-0.3, -0.25) is 0 Å². The molecule has 24 heavy (non-hydrogen) atoms. The summed E-state index contributed by atoms with van der Waals surface area (Å²) in [6.45, 7) is 0.604. The predicted octanol–water partition coefficient (Wildman–Crippen LogP) is 3.72. The van der Waals surface area contributed by atoms with Crippen molar-refractivity contribution in [2.75, 3.05) is 0 Å². The molecule has 0 atom stereocenters. The van der Waals surface area contributed by atoms with Gasteiger partial charge in [-0.15, -0.1) is 0 Å². The Kier molecular flexibility index (Phi) is 5.98. The molecule has 0 saturated heterocycles.